The molecular formula is C96H62N4O8. The van der Waals surface area contributed by atoms with Gasteiger partial charge < -0.3 is 30.4 Å². The average molecular weight is 1400 g/mol. The molecule has 0 fully saturated rings. The number of aliphatic imine (C=N–C) groups is 2. The van der Waals surface area contributed by atoms with Crippen LogP contribution in [0.4, 0.5) is 0 Å². The van der Waals surface area contributed by atoms with Crippen molar-refractivity contribution in [2.75, 3.05) is 0 Å². The van der Waals surface area contributed by atoms with Crippen LogP contribution in [-0.2, 0) is 0 Å². The molecule has 0 saturated carbocycles. The number of carboxylic acids is 4. The number of nitrogens with one attached hydrogen (secondary N) is 2. The number of rotatable bonds is 16. The topological polar surface area (TPSA) is 205 Å². The molecule has 1 aliphatic carbocycles. The van der Waals surface area contributed by atoms with E-state index in [1.807, 2.05) is 194 Å². The van der Waals surface area contributed by atoms with Gasteiger partial charge >= 0.3 is 23.9 Å². The molecule has 8 bridgehead atoms. The zero-order valence-corrected chi connectivity index (χ0v) is 57.6. The van der Waals surface area contributed by atoms with Crippen molar-refractivity contribution in [1.82, 2.24) is 9.97 Å². The van der Waals surface area contributed by atoms with E-state index < -0.39 is 23.9 Å². The number of aromatic amines is 2. The van der Waals surface area contributed by atoms with E-state index in [2.05, 4.69) is 107 Å². The Morgan fingerprint density at radius 3 is 0.648 bits per heavy atom. The van der Waals surface area contributed by atoms with Crippen LogP contribution in [-0.4, -0.2) is 65.7 Å². The number of hydrogen-bond donors (Lipinski definition) is 6. The van der Waals surface area contributed by atoms with Gasteiger partial charge in [0.2, 0.25) is 0 Å². The Labute approximate surface area is 620 Å². The van der Waals surface area contributed by atoms with E-state index in [1.165, 1.54) is 0 Å². The van der Waals surface area contributed by atoms with Crippen molar-refractivity contribution in [3.8, 4) is 44.5 Å². The van der Waals surface area contributed by atoms with E-state index in [0.29, 0.717) is 112 Å². The fourth-order valence-corrected chi connectivity index (χ4v) is 15.2. The highest BCUT2D eigenvalue weighted by Gasteiger charge is 2.40. The standard InChI is InChI=1S/C96H62N4O8/c101-93(102)69-49-41-65(42-50-69)81-85-73(57-25-9-1-10-26-57)74(58-27-11-2-12-28-58)86(97-85)82(66-43-51-70(52-44-66)94(103)104)88-77(61-33-17-5-18-34-61)78(62-35-19-6-20-36-62)90(99-88)84(68-47-55-72(56-48-68)96(107)108)92-80(64-39-23-8-24-40-64)79(63-37-21-7-22-38-63)91(100-92)83(67-45-53-71(54-46-67)95(105)106)89-76(60-31-15-4-16-32-60)75(87(81)98-89)59-29-13-3-14-30-59/h1-56,97,100H,(H,101,102)(H,103,104)(H,105,106)(H,107,108). The summed E-state index contributed by atoms with van der Waals surface area (Å²) >= 11 is 0. The maximum Gasteiger partial charge on any atom is 0.335 e. The molecule has 2 aromatic heterocycles. The number of carboxylic acid groups (broad SMARTS) is 4. The maximum atomic E-state index is 13.2. The van der Waals surface area contributed by atoms with Crippen molar-refractivity contribution in [3.05, 3.63) is 440 Å². The van der Waals surface area contributed by atoms with Crippen LogP contribution in [0.3, 0.4) is 0 Å². The average Bonchev–Trinajstić information content (AvgIpc) is 1.55. The summed E-state index contributed by atoms with van der Waals surface area (Å²) in [5, 5.41) is 44.3. The van der Waals surface area contributed by atoms with Crippen molar-refractivity contribution in [1.29, 1.82) is 0 Å². The van der Waals surface area contributed by atoms with Gasteiger partial charge in [-0.05, 0) is 115 Å². The highest BCUT2D eigenvalue weighted by Crippen LogP contribution is 2.54. The highest BCUT2D eigenvalue weighted by atomic mass is 16.4. The first kappa shape index (κ1) is 66.4. The Balaban J connectivity index is 1.25. The largest absolute Gasteiger partial charge is 0.478 e. The Hall–Kier alpha value is -14.9. The van der Waals surface area contributed by atoms with Crippen LogP contribution in [0, 0.1) is 0 Å². The molecule has 12 aromatic carbocycles. The minimum absolute atomic E-state index is 0.0539. The summed E-state index contributed by atoms with van der Waals surface area (Å²) in [6.07, 6.45) is 0. The van der Waals surface area contributed by atoms with Crippen LogP contribution in [0.15, 0.2) is 361 Å². The molecule has 12 heteroatoms. The van der Waals surface area contributed by atoms with Crippen LogP contribution < -0.4 is 10.7 Å². The van der Waals surface area contributed by atoms with E-state index >= 15 is 0 Å². The second-order valence-corrected chi connectivity index (χ2v) is 26.3. The van der Waals surface area contributed by atoms with Gasteiger partial charge in [-0.3, -0.25) is 0 Å². The van der Waals surface area contributed by atoms with Gasteiger partial charge in [-0.25, -0.2) is 29.2 Å². The van der Waals surface area contributed by atoms with E-state index in [0.717, 1.165) is 66.8 Å². The summed E-state index contributed by atoms with van der Waals surface area (Å²) in [5.74, 6) is -4.47. The third-order valence-corrected chi connectivity index (χ3v) is 20.0. The van der Waals surface area contributed by atoms with Gasteiger partial charge in [0, 0.05) is 66.8 Å². The predicted octanol–water partition coefficient (Wildman–Crippen LogP) is 19.6. The fraction of sp³-hybridized carbons (Fsp3) is 0. The quantitative estimate of drug-likeness (QED) is 0.0548. The molecule has 0 saturated heterocycles. The molecule has 108 heavy (non-hydrogen) atoms. The van der Waals surface area contributed by atoms with Crippen LogP contribution in [0.25, 0.3) is 89.1 Å². The zero-order chi connectivity index (χ0) is 73.5. The minimum atomic E-state index is -1.12. The first-order valence-corrected chi connectivity index (χ1v) is 35.2. The second-order valence-electron chi connectivity index (χ2n) is 26.3. The van der Waals surface area contributed by atoms with Gasteiger partial charge in [0.1, 0.15) is 0 Å². The van der Waals surface area contributed by atoms with E-state index in [4.69, 9.17) is 9.98 Å². The first-order valence-electron chi connectivity index (χ1n) is 35.2. The summed E-state index contributed by atoms with van der Waals surface area (Å²) in [7, 11) is 0. The Kier molecular flexibility index (Phi) is 17.2. The molecule has 2 aliphatic heterocycles. The Bertz CT molecular complexity index is 5900. The Morgan fingerprint density at radius 2 is 0.407 bits per heavy atom. The Morgan fingerprint density at radius 1 is 0.204 bits per heavy atom. The third kappa shape index (κ3) is 11.9. The summed E-state index contributed by atoms with van der Waals surface area (Å²) in [6.45, 7) is 0. The van der Waals surface area contributed by atoms with Gasteiger partial charge in [0.05, 0.1) is 67.2 Å². The second kappa shape index (κ2) is 28.1. The third-order valence-electron chi connectivity index (χ3n) is 20.0. The number of hydrogen-bond acceptors (Lipinski definition) is 6. The molecule has 12 nitrogen and oxygen atoms in total. The lowest BCUT2D eigenvalue weighted by Crippen LogP contribution is -2.24. The molecule has 17 rings (SSSR count). The summed E-state index contributed by atoms with van der Waals surface area (Å²) < 4.78 is 0. The van der Waals surface area contributed by atoms with Crippen LogP contribution in [0.1, 0.15) is 97.3 Å². The van der Waals surface area contributed by atoms with Gasteiger partial charge in [-0.15, -0.1) is 0 Å². The summed E-state index contributed by atoms with van der Waals surface area (Å²) in [5.41, 5.74) is 19.9. The van der Waals surface area contributed by atoms with Crippen LogP contribution >= 0.6 is 0 Å². The van der Waals surface area contributed by atoms with Crippen molar-refractivity contribution in [2.24, 2.45) is 9.98 Å². The van der Waals surface area contributed by atoms with Gasteiger partial charge in [-0.1, -0.05) is 291 Å². The molecule has 0 spiro atoms. The number of nitrogens with zero attached hydrogens (tertiary/aromatic N) is 2. The molecule has 514 valence electrons. The number of aromatic carboxylic acids is 4. The molecule has 14 aromatic rings. The molecule has 4 heterocycles. The van der Waals surface area contributed by atoms with Crippen LogP contribution in [0.5, 0.6) is 0 Å². The predicted molar refractivity (Wildman–Crippen MR) is 428 cm³/mol. The number of aromatic nitrogens is 2. The van der Waals surface area contributed by atoms with Gasteiger partial charge in [-0.2, -0.15) is 0 Å². The summed E-state index contributed by atoms with van der Waals surface area (Å²) in [4.78, 5) is 73.9. The lowest BCUT2D eigenvalue weighted by Gasteiger charge is -2.17. The molecule has 0 unspecified atom stereocenters. The van der Waals surface area contributed by atoms with Crippen molar-refractivity contribution < 1.29 is 39.6 Å². The molecule has 6 N–H and O–H groups in total. The minimum Gasteiger partial charge on any atom is -0.478 e. The van der Waals surface area contributed by atoms with Gasteiger partial charge in [0.25, 0.3) is 0 Å². The van der Waals surface area contributed by atoms with Crippen molar-refractivity contribution in [2.45, 2.75) is 0 Å². The molecule has 0 atom stereocenters. The summed E-state index contributed by atoms with van der Waals surface area (Å²) in [6, 6.07) is 108. The van der Waals surface area contributed by atoms with E-state index in [1.54, 1.807) is 48.5 Å². The van der Waals surface area contributed by atoms with E-state index in [9.17, 15) is 39.6 Å². The lowest BCUT2D eigenvalue weighted by molar-refractivity contribution is 0.0686. The number of benzene rings is 12. The van der Waals surface area contributed by atoms with Crippen LogP contribution in [0.2, 0.25) is 0 Å². The normalized spacial score (nSPS) is 13.4. The highest BCUT2D eigenvalue weighted by molar-refractivity contribution is 6.53. The monoisotopic (exact) mass is 1400 g/mol. The van der Waals surface area contributed by atoms with Crippen molar-refractivity contribution >= 4 is 79.9 Å². The smallest absolute Gasteiger partial charge is 0.335 e. The molecule has 3 aliphatic rings. The number of carbonyl (C=O) groups is 4. The number of H-pyrrole nitrogens is 2. The first-order chi connectivity index (χ1) is 52.9. The molecule has 0 radical (unpaired) electrons. The molecule has 0 amide bonds. The SMILES string of the molecule is O=C(O)c1ccc(C2=C3N=C(C(c4ccccc4)=C3c3ccccc3)C(c3ccc(C(=O)O)cc3)=c3[nH]c(c(-c4ccccc4)c3-c3ccccc3)=C(c3ccc(C(=O)O)cc3)C3=NC(=C(c4ccc(C(=O)O)cc4)c4[nH]c2c(-c2ccccc2)c4-c2ccccc2)C(c2ccccc2)=C3c2ccccc2)cc1. The number of fused-ring (bicyclic) bond motifs is 10. The lowest BCUT2D eigenvalue weighted by atomic mass is 9.83. The van der Waals surface area contributed by atoms with E-state index in [-0.39, 0.29) is 22.3 Å². The number of allylic oxidation sites excluding steroid dienone is 4. The van der Waals surface area contributed by atoms with Crippen molar-refractivity contribution in [3.63, 3.8) is 0 Å². The zero-order valence-electron chi connectivity index (χ0n) is 57.6. The molecular weight excluding hydrogens is 1340 g/mol. The fourth-order valence-electron chi connectivity index (χ4n) is 15.2. The van der Waals surface area contributed by atoms with Gasteiger partial charge in [0.15, 0.2) is 0 Å². The maximum absolute atomic E-state index is 13.2.